The quantitative estimate of drug-likeness (QED) is 0.140. The lowest BCUT2D eigenvalue weighted by molar-refractivity contribution is -0.142. The predicted octanol–water partition coefficient (Wildman–Crippen LogP) is 5.31. The van der Waals surface area contributed by atoms with E-state index >= 15 is 0 Å². The van der Waals surface area contributed by atoms with E-state index in [0.29, 0.717) is 6.20 Å². The standard InChI is InChI=1S/C21H17ClF5N5O2/c1-3-4-8-14(10(2)23)32-19(21(25,26)27)11(9-29-32)18-16(20(33)30-28)17(31-34-18)15-12(22)6-5-7-13(15)24/h3-5,7-9,12H,2,6,28H2,1H3,(H,30,33)/b4-3-,14-8+. The molecule has 1 unspecified atom stereocenters. The van der Waals surface area contributed by atoms with Crippen molar-refractivity contribution in [2.75, 3.05) is 0 Å². The molecular formula is C21H17ClF5N5O2. The van der Waals surface area contributed by atoms with Crippen LogP contribution in [0.2, 0.25) is 0 Å². The molecule has 0 aliphatic heterocycles. The van der Waals surface area contributed by atoms with Gasteiger partial charge in [-0.25, -0.2) is 19.3 Å². The van der Waals surface area contributed by atoms with E-state index in [0.717, 1.165) is 12.2 Å². The number of halogens is 6. The van der Waals surface area contributed by atoms with Gasteiger partial charge in [0.15, 0.2) is 11.5 Å². The van der Waals surface area contributed by atoms with E-state index in [2.05, 4.69) is 16.8 Å². The molecule has 2 aromatic heterocycles. The summed E-state index contributed by atoms with van der Waals surface area (Å²) >= 11 is 6.16. The van der Waals surface area contributed by atoms with E-state index in [-0.39, 0.29) is 16.7 Å². The third-order valence-corrected chi connectivity index (χ3v) is 5.11. The number of nitrogens with zero attached hydrogens (tertiary/aromatic N) is 3. The van der Waals surface area contributed by atoms with Gasteiger partial charge in [-0.3, -0.25) is 10.2 Å². The number of hydrogen-bond donors (Lipinski definition) is 2. The van der Waals surface area contributed by atoms with E-state index in [1.807, 2.05) is 0 Å². The van der Waals surface area contributed by atoms with Gasteiger partial charge >= 0.3 is 6.18 Å². The molecule has 0 saturated heterocycles. The predicted molar refractivity (Wildman–Crippen MR) is 115 cm³/mol. The van der Waals surface area contributed by atoms with Gasteiger partial charge in [-0.2, -0.15) is 18.3 Å². The summed E-state index contributed by atoms with van der Waals surface area (Å²) in [4.78, 5) is 12.6. The first-order chi connectivity index (χ1) is 16.0. The monoisotopic (exact) mass is 501 g/mol. The molecular weight excluding hydrogens is 485 g/mol. The van der Waals surface area contributed by atoms with Crippen molar-refractivity contribution < 1.29 is 31.3 Å². The van der Waals surface area contributed by atoms with Gasteiger partial charge in [0.25, 0.3) is 5.91 Å². The number of nitrogen functional groups attached to an aromatic ring is 1. The van der Waals surface area contributed by atoms with Gasteiger partial charge in [0, 0.05) is 5.57 Å². The maximum absolute atomic E-state index is 14.5. The Balaban J connectivity index is 2.34. The summed E-state index contributed by atoms with van der Waals surface area (Å²) in [6.07, 6.45) is 2.05. The first-order valence-electron chi connectivity index (χ1n) is 9.57. The Bertz CT molecular complexity index is 1250. The smallest absolute Gasteiger partial charge is 0.355 e. The molecule has 3 N–H and O–H groups in total. The van der Waals surface area contributed by atoms with Gasteiger partial charge in [-0.1, -0.05) is 30.0 Å². The Morgan fingerprint density at radius 2 is 2.15 bits per heavy atom. The SMILES string of the molecule is C=C(F)/C(=C\C=C/C)n1ncc(-c2onc(C3=C(F)C=CCC3Cl)c2C(=O)NN)c1C(F)(F)F. The number of carbonyl (C=O) groups excluding carboxylic acids is 1. The maximum Gasteiger partial charge on any atom is 0.434 e. The second-order valence-electron chi connectivity index (χ2n) is 6.87. The number of nitrogens with one attached hydrogen (secondary N) is 1. The molecule has 0 bridgehead atoms. The third-order valence-electron chi connectivity index (χ3n) is 4.72. The fraction of sp³-hybridized carbons (Fsp3) is 0.190. The molecule has 0 fully saturated rings. The molecule has 0 aromatic carbocycles. The molecule has 3 rings (SSSR count). The maximum atomic E-state index is 14.5. The van der Waals surface area contributed by atoms with Crippen LogP contribution < -0.4 is 11.3 Å². The lowest BCUT2D eigenvalue weighted by atomic mass is 9.95. The van der Waals surface area contributed by atoms with E-state index in [1.165, 1.54) is 18.2 Å². The third kappa shape index (κ3) is 4.59. The van der Waals surface area contributed by atoms with Gasteiger partial charge in [-0.15, -0.1) is 11.6 Å². The van der Waals surface area contributed by atoms with Gasteiger partial charge in [0.1, 0.15) is 28.6 Å². The van der Waals surface area contributed by atoms with Crippen molar-refractivity contribution in [1.29, 1.82) is 0 Å². The molecule has 1 aliphatic rings. The van der Waals surface area contributed by atoms with Crippen LogP contribution in [0.5, 0.6) is 0 Å². The van der Waals surface area contributed by atoms with Crippen LogP contribution in [-0.2, 0) is 6.18 Å². The van der Waals surface area contributed by atoms with Crippen molar-refractivity contribution in [3.8, 4) is 11.3 Å². The Labute approximate surface area is 194 Å². The van der Waals surface area contributed by atoms with Gasteiger partial charge in [0.2, 0.25) is 0 Å². The van der Waals surface area contributed by atoms with Crippen LogP contribution in [-0.4, -0.2) is 26.2 Å². The van der Waals surface area contributed by atoms with Crippen molar-refractivity contribution in [1.82, 2.24) is 20.4 Å². The first-order valence-corrected chi connectivity index (χ1v) is 10.0. The number of rotatable bonds is 6. The largest absolute Gasteiger partial charge is 0.434 e. The van der Waals surface area contributed by atoms with Crippen LogP contribution in [0.25, 0.3) is 22.6 Å². The Morgan fingerprint density at radius 1 is 1.44 bits per heavy atom. The van der Waals surface area contributed by atoms with Crippen LogP contribution in [0.4, 0.5) is 22.0 Å². The number of allylic oxidation sites excluding steroid dienone is 9. The number of hydrogen-bond acceptors (Lipinski definition) is 5. The zero-order chi connectivity index (χ0) is 25.2. The highest BCUT2D eigenvalue weighted by atomic mass is 35.5. The summed E-state index contributed by atoms with van der Waals surface area (Å²) in [5.74, 6) is 1.31. The summed E-state index contributed by atoms with van der Waals surface area (Å²) in [6.45, 7) is 4.62. The van der Waals surface area contributed by atoms with Crippen LogP contribution in [0.3, 0.4) is 0 Å². The van der Waals surface area contributed by atoms with E-state index < -0.39 is 63.1 Å². The molecule has 0 spiro atoms. The van der Waals surface area contributed by atoms with Gasteiger partial charge < -0.3 is 4.52 Å². The van der Waals surface area contributed by atoms with E-state index in [1.54, 1.807) is 12.3 Å². The van der Waals surface area contributed by atoms with Gasteiger partial charge in [-0.05, 0) is 25.5 Å². The highest BCUT2D eigenvalue weighted by molar-refractivity contribution is 6.27. The number of nitrogens with two attached hydrogens (primary N) is 1. The summed E-state index contributed by atoms with van der Waals surface area (Å²) in [5.41, 5.74) is -2.39. The van der Waals surface area contributed by atoms with Crippen molar-refractivity contribution in [2.45, 2.75) is 24.9 Å². The van der Waals surface area contributed by atoms with Crippen LogP contribution in [0.15, 0.2) is 59.3 Å². The molecule has 180 valence electrons. The van der Waals surface area contributed by atoms with Crippen molar-refractivity contribution in [2.24, 2.45) is 5.84 Å². The minimum absolute atomic E-state index is 0.166. The molecule has 34 heavy (non-hydrogen) atoms. The topological polar surface area (TPSA) is 99.0 Å². The van der Waals surface area contributed by atoms with Crippen LogP contribution in [0, 0.1) is 0 Å². The Morgan fingerprint density at radius 3 is 2.71 bits per heavy atom. The van der Waals surface area contributed by atoms with Crippen LogP contribution in [0.1, 0.15) is 35.1 Å². The second kappa shape index (κ2) is 9.77. The average Bonchev–Trinajstić information content (AvgIpc) is 3.38. The summed E-state index contributed by atoms with van der Waals surface area (Å²) in [6, 6.07) is 0. The zero-order valence-corrected chi connectivity index (χ0v) is 18.2. The number of amides is 1. The molecule has 1 atom stereocenters. The normalized spacial score (nSPS) is 17.1. The number of aromatic nitrogens is 3. The molecule has 1 amide bonds. The molecule has 0 saturated carbocycles. The van der Waals surface area contributed by atoms with E-state index in [4.69, 9.17) is 22.0 Å². The Hall–Kier alpha value is -3.51. The number of carbonyl (C=O) groups is 1. The zero-order valence-electron chi connectivity index (χ0n) is 17.5. The molecule has 0 radical (unpaired) electrons. The van der Waals surface area contributed by atoms with Gasteiger partial charge in [0.05, 0.1) is 17.1 Å². The summed E-state index contributed by atoms with van der Waals surface area (Å²) in [5, 5.41) is 6.27. The molecule has 13 heteroatoms. The van der Waals surface area contributed by atoms with E-state index in [9.17, 15) is 26.7 Å². The van der Waals surface area contributed by atoms with Crippen LogP contribution >= 0.6 is 11.6 Å². The molecule has 7 nitrogen and oxygen atoms in total. The first kappa shape index (κ1) is 25.1. The highest BCUT2D eigenvalue weighted by Gasteiger charge is 2.43. The summed E-state index contributed by atoms with van der Waals surface area (Å²) < 4.78 is 76.3. The summed E-state index contributed by atoms with van der Waals surface area (Å²) in [7, 11) is 0. The molecule has 2 aromatic rings. The minimum Gasteiger partial charge on any atom is -0.355 e. The molecule has 2 heterocycles. The van der Waals surface area contributed by atoms with Crippen molar-refractivity contribution in [3.05, 3.63) is 71.8 Å². The lowest BCUT2D eigenvalue weighted by Gasteiger charge is -2.15. The minimum atomic E-state index is -5.10. The highest BCUT2D eigenvalue weighted by Crippen LogP contribution is 2.43. The fourth-order valence-electron chi connectivity index (χ4n) is 3.28. The fourth-order valence-corrected chi connectivity index (χ4v) is 3.59. The lowest BCUT2D eigenvalue weighted by Crippen LogP contribution is -2.31. The average molecular weight is 502 g/mol. The van der Waals surface area contributed by atoms with Crippen molar-refractivity contribution >= 4 is 28.8 Å². The Kier molecular flexibility index (Phi) is 7.22. The second-order valence-corrected chi connectivity index (χ2v) is 7.40. The number of hydrazine groups is 1. The number of alkyl halides is 4. The molecule has 1 aliphatic carbocycles. The van der Waals surface area contributed by atoms with Crippen molar-refractivity contribution in [3.63, 3.8) is 0 Å².